The normalized spacial score (nSPS) is 11.5. The highest BCUT2D eigenvalue weighted by Gasteiger charge is 2.12. The van der Waals surface area contributed by atoms with Crippen LogP contribution in [0.1, 0.15) is 56.3 Å². The SMILES string of the molecule is C=CC(=O)Oc1ccc(-c2ccc(C(=O)O[C@@H](C)CCCCCC)cc2)cc1. The van der Waals surface area contributed by atoms with Crippen molar-refractivity contribution in [3.63, 3.8) is 0 Å². The third-order valence-corrected chi connectivity index (χ3v) is 4.47. The second-order valence-corrected chi connectivity index (χ2v) is 6.79. The number of ether oxygens (including phenoxy) is 2. The molecule has 0 unspecified atom stereocenters. The Kier molecular flexibility index (Phi) is 8.47. The minimum Gasteiger partial charge on any atom is -0.459 e. The summed E-state index contributed by atoms with van der Waals surface area (Å²) in [5.41, 5.74) is 2.47. The van der Waals surface area contributed by atoms with Gasteiger partial charge < -0.3 is 9.47 Å². The molecular weight excluding hydrogens is 352 g/mol. The first-order chi connectivity index (χ1) is 13.5. The van der Waals surface area contributed by atoms with Gasteiger partial charge in [-0.1, -0.05) is 57.0 Å². The summed E-state index contributed by atoms with van der Waals surface area (Å²) in [6.07, 6.45) is 6.63. The largest absolute Gasteiger partial charge is 0.459 e. The molecule has 0 saturated heterocycles. The zero-order valence-corrected chi connectivity index (χ0v) is 16.6. The maximum Gasteiger partial charge on any atom is 0.338 e. The Balaban J connectivity index is 1.92. The minimum atomic E-state index is -0.491. The highest BCUT2D eigenvalue weighted by atomic mass is 16.5. The van der Waals surface area contributed by atoms with Gasteiger partial charge in [0, 0.05) is 6.08 Å². The average molecular weight is 380 g/mol. The van der Waals surface area contributed by atoms with E-state index < -0.39 is 5.97 Å². The minimum absolute atomic E-state index is 0.0742. The first-order valence-electron chi connectivity index (χ1n) is 9.79. The van der Waals surface area contributed by atoms with Gasteiger partial charge in [-0.3, -0.25) is 0 Å². The molecule has 1 atom stereocenters. The first kappa shape index (κ1) is 21.4. The van der Waals surface area contributed by atoms with Crippen molar-refractivity contribution in [2.75, 3.05) is 0 Å². The molecular formula is C24H28O4. The second-order valence-electron chi connectivity index (χ2n) is 6.79. The molecule has 0 aromatic heterocycles. The number of carbonyl (C=O) groups excluding carboxylic acids is 2. The van der Waals surface area contributed by atoms with Gasteiger partial charge in [-0.2, -0.15) is 0 Å². The molecule has 2 rings (SSSR count). The molecule has 0 aliphatic rings. The number of hydrogen-bond donors (Lipinski definition) is 0. The molecule has 0 bridgehead atoms. The standard InChI is InChI=1S/C24H28O4/c1-4-6-7-8-9-18(3)27-24(26)21-12-10-19(11-13-21)20-14-16-22(17-15-20)28-23(25)5-2/h5,10-18H,2,4,6-9H2,1,3H3/t18-/m0/s1. The molecule has 0 spiro atoms. The summed E-state index contributed by atoms with van der Waals surface area (Å²) in [5, 5.41) is 0. The molecule has 0 saturated carbocycles. The molecule has 148 valence electrons. The van der Waals surface area contributed by atoms with E-state index in [1.54, 1.807) is 24.3 Å². The fourth-order valence-corrected chi connectivity index (χ4v) is 2.84. The van der Waals surface area contributed by atoms with Gasteiger partial charge in [0.05, 0.1) is 11.7 Å². The lowest BCUT2D eigenvalue weighted by atomic mass is 10.0. The number of unbranched alkanes of at least 4 members (excludes halogenated alkanes) is 3. The van der Waals surface area contributed by atoms with Gasteiger partial charge in [0.1, 0.15) is 5.75 Å². The van der Waals surface area contributed by atoms with E-state index in [-0.39, 0.29) is 12.1 Å². The topological polar surface area (TPSA) is 52.6 Å². The van der Waals surface area contributed by atoms with Crippen LogP contribution in [-0.4, -0.2) is 18.0 Å². The molecule has 4 heteroatoms. The molecule has 0 amide bonds. The highest BCUT2D eigenvalue weighted by Crippen LogP contribution is 2.23. The average Bonchev–Trinajstić information content (AvgIpc) is 2.72. The first-order valence-corrected chi connectivity index (χ1v) is 9.79. The Morgan fingerprint density at radius 2 is 1.57 bits per heavy atom. The predicted molar refractivity (Wildman–Crippen MR) is 111 cm³/mol. The lowest BCUT2D eigenvalue weighted by Crippen LogP contribution is -2.15. The van der Waals surface area contributed by atoms with Crippen LogP contribution in [0.3, 0.4) is 0 Å². The summed E-state index contributed by atoms with van der Waals surface area (Å²) in [5.74, 6) is -0.321. The lowest BCUT2D eigenvalue weighted by Gasteiger charge is -2.13. The second kappa shape index (κ2) is 11.1. The zero-order valence-electron chi connectivity index (χ0n) is 16.6. The van der Waals surface area contributed by atoms with Crippen molar-refractivity contribution < 1.29 is 19.1 Å². The molecule has 0 aliphatic carbocycles. The molecule has 0 heterocycles. The monoisotopic (exact) mass is 380 g/mol. The smallest absolute Gasteiger partial charge is 0.338 e. The van der Waals surface area contributed by atoms with Crippen molar-refractivity contribution in [1.82, 2.24) is 0 Å². The number of esters is 2. The Morgan fingerprint density at radius 3 is 2.14 bits per heavy atom. The Morgan fingerprint density at radius 1 is 0.964 bits per heavy atom. The zero-order chi connectivity index (χ0) is 20.4. The predicted octanol–water partition coefficient (Wildman–Crippen LogP) is 5.96. The quantitative estimate of drug-likeness (QED) is 0.221. The summed E-state index contributed by atoms with van der Waals surface area (Å²) in [6.45, 7) is 7.49. The van der Waals surface area contributed by atoms with E-state index in [4.69, 9.17) is 9.47 Å². The lowest BCUT2D eigenvalue weighted by molar-refractivity contribution is -0.128. The van der Waals surface area contributed by atoms with Crippen molar-refractivity contribution >= 4 is 11.9 Å². The van der Waals surface area contributed by atoms with E-state index in [0.717, 1.165) is 30.0 Å². The summed E-state index contributed by atoms with van der Waals surface area (Å²) in [6, 6.07) is 14.5. The number of hydrogen-bond acceptors (Lipinski definition) is 4. The van der Waals surface area contributed by atoms with Crippen molar-refractivity contribution in [2.45, 2.75) is 52.1 Å². The van der Waals surface area contributed by atoms with Crippen LogP contribution in [0.25, 0.3) is 11.1 Å². The summed E-state index contributed by atoms with van der Waals surface area (Å²) >= 11 is 0. The van der Waals surface area contributed by atoms with Crippen LogP contribution in [0.5, 0.6) is 5.75 Å². The summed E-state index contributed by atoms with van der Waals surface area (Å²) < 4.78 is 10.6. The van der Waals surface area contributed by atoms with Gasteiger partial charge in [-0.05, 0) is 55.2 Å². The van der Waals surface area contributed by atoms with Gasteiger partial charge >= 0.3 is 11.9 Å². The van der Waals surface area contributed by atoms with Crippen LogP contribution in [0.4, 0.5) is 0 Å². The number of benzene rings is 2. The number of rotatable bonds is 10. The van der Waals surface area contributed by atoms with E-state index in [1.165, 1.54) is 19.3 Å². The highest BCUT2D eigenvalue weighted by molar-refractivity contribution is 5.90. The van der Waals surface area contributed by atoms with Crippen molar-refractivity contribution in [3.8, 4) is 16.9 Å². The van der Waals surface area contributed by atoms with Crippen molar-refractivity contribution in [3.05, 3.63) is 66.7 Å². The molecule has 28 heavy (non-hydrogen) atoms. The van der Waals surface area contributed by atoms with E-state index >= 15 is 0 Å². The maximum atomic E-state index is 12.3. The molecule has 0 N–H and O–H groups in total. The van der Waals surface area contributed by atoms with Gasteiger partial charge in [0.25, 0.3) is 0 Å². The Bertz CT molecular complexity index is 775. The van der Waals surface area contributed by atoms with Crippen LogP contribution >= 0.6 is 0 Å². The van der Waals surface area contributed by atoms with Crippen LogP contribution in [0.15, 0.2) is 61.2 Å². The third-order valence-electron chi connectivity index (χ3n) is 4.47. The van der Waals surface area contributed by atoms with Gasteiger partial charge in [-0.15, -0.1) is 0 Å². The molecule has 2 aromatic rings. The third kappa shape index (κ3) is 6.69. The Hall–Kier alpha value is -2.88. The van der Waals surface area contributed by atoms with Crippen molar-refractivity contribution in [1.29, 1.82) is 0 Å². The van der Waals surface area contributed by atoms with Gasteiger partial charge in [-0.25, -0.2) is 9.59 Å². The van der Waals surface area contributed by atoms with Gasteiger partial charge in [0.15, 0.2) is 0 Å². The fourth-order valence-electron chi connectivity index (χ4n) is 2.84. The van der Waals surface area contributed by atoms with E-state index in [2.05, 4.69) is 13.5 Å². The maximum absolute atomic E-state index is 12.3. The molecule has 2 aromatic carbocycles. The number of carbonyl (C=O) groups is 2. The van der Waals surface area contributed by atoms with E-state index in [1.807, 2.05) is 31.2 Å². The summed E-state index contributed by atoms with van der Waals surface area (Å²) in [7, 11) is 0. The Labute approximate surface area is 167 Å². The van der Waals surface area contributed by atoms with Crippen molar-refractivity contribution in [2.24, 2.45) is 0 Å². The summed E-state index contributed by atoms with van der Waals surface area (Å²) in [4.78, 5) is 23.5. The molecule has 4 nitrogen and oxygen atoms in total. The molecule has 0 aliphatic heterocycles. The molecule has 0 fully saturated rings. The molecule has 0 radical (unpaired) electrons. The van der Waals surface area contributed by atoms with Gasteiger partial charge in [0.2, 0.25) is 0 Å². The van der Waals surface area contributed by atoms with Crippen LogP contribution < -0.4 is 4.74 Å². The van der Waals surface area contributed by atoms with E-state index in [0.29, 0.717) is 11.3 Å². The van der Waals surface area contributed by atoms with E-state index in [9.17, 15) is 9.59 Å². The fraction of sp³-hybridized carbons (Fsp3) is 0.333. The van der Waals surface area contributed by atoms with Crippen LogP contribution in [0.2, 0.25) is 0 Å². The van der Waals surface area contributed by atoms with Crippen LogP contribution in [-0.2, 0) is 9.53 Å². The van der Waals surface area contributed by atoms with Crippen LogP contribution in [0, 0.1) is 0 Å².